The minimum absolute atomic E-state index is 0.573. The van der Waals surface area contributed by atoms with Crippen molar-refractivity contribution < 1.29 is 0 Å². The van der Waals surface area contributed by atoms with E-state index in [4.69, 9.17) is 4.98 Å². The lowest BCUT2D eigenvalue weighted by Crippen LogP contribution is -2.34. The van der Waals surface area contributed by atoms with Crippen LogP contribution in [0.4, 0.5) is 0 Å². The van der Waals surface area contributed by atoms with Crippen LogP contribution in [0.1, 0.15) is 44.1 Å². The predicted octanol–water partition coefficient (Wildman–Crippen LogP) is 6.06. The number of aromatic nitrogens is 2. The summed E-state index contributed by atoms with van der Waals surface area (Å²) in [7, 11) is 0. The van der Waals surface area contributed by atoms with E-state index in [0.717, 1.165) is 36.4 Å². The van der Waals surface area contributed by atoms with E-state index in [9.17, 15) is 0 Å². The van der Waals surface area contributed by atoms with Gasteiger partial charge in [-0.15, -0.1) is 0 Å². The third-order valence-electron chi connectivity index (χ3n) is 6.84. The SMILES string of the molecule is CC1=C[C@@H](CNCc2ccccc2)[C@H](C(C)C)C[C@H]1Cc1nc2c(C)cccc2[nH]1. The molecule has 30 heavy (non-hydrogen) atoms. The van der Waals surface area contributed by atoms with Crippen LogP contribution in [-0.4, -0.2) is 16.5 Å². The van der Waals surface area contributed by atoms with Crippen molar-refractivity contribution in [3.8, 4) is 0 Å². The van der Waals surface area contributed by atoms with Crippen LogP contribution in [0.15, 0.2) is 60.2 Å². The van der Waals surface area contributed by atoms with Crippen LogP contribution in [0, 0.1) is 30.6 Å². The smallest absolute Gasteiger partial charge is 0.107 e. The Morgan fingerprint density at radius 1 is 1.07 bits per heavy atom. The van der Waals surface area contributed by atoms with Crippen LogP contribution < -0.4 is 5.32 Å². The Hall–Kier alpha value is -2.39. The second-order valence-electron chi connectivity index (χ2n) is 9.39. The summed E-state index contributed by atoms with van der Waals surface area (Å²) in [5.41, 5.74) is 6.40. The molecule has 0 radical (unpaired) electrons. The molecule has 1 aliphatic rings. The molecular weight excluding hydrogens is 366 g/mol. The number of hydrogen-bond donors (Lipinski definition) is 2. The Bertz CT molecular complexity index is 999. The Morgan fingerprint density at radius 2 is 1.87 bits per heavy atom. The van der Waals surface area contributed by atoms with E-state index >= 15 is 0 Å². The van der Waals surface area contributed by atoms with Crippen LogP contribution in [0.3, 0.4) is 0 Å². The molecule has 158 valence electrons. The largest absolute Gasteiger partial charge is 0.342 e. The molecule has 2 aromatic carbocycles. The van der Waals surface area contributed by atoms with Crippen molar-refractivity contribution >= 4 is 11.0 Å². The Balaban J connectivity index is 1.45. The van der Waals surface area contributed by atoms with Crippen molar-refractivity contribution in [2.45, 2.75) is 47.1 Å². The molecule has 3 atom stereocenters. The average molecular weight is 402 g/mol. The number of benzene rings is 2. The Kier molecular flexibility index (Phi) is 6.38. The number of nitrogens with one attached hydrogen (secondary N) is 2. The van der Waals surface area contributed by atoms with E-state index in [-0.39, 0.29) is 0 Å². The number of allylic oxidation sites excluding steroid dienone is 1. The number of aryl methyl sites for hydroxylation is 1. The summed E-state index contributed by atoms with van der Waals surface area (Å²) in [6.45, 7) is 11.2. The van der Waals surface area contributed by atoms with Crippen molar-refractivity contribution in [3.05, 3.63) is 77.1 Å². The summed E-state index contributed by atoms with van der Waals surface area (Å²) in [6.07, 6.45) is 4.79. The van der Waals surface area contributed by atoms with Crippen molar-refractivity contribution in [2.75, 3.05) is 6.54 Å². The lowest BCUT2D eigenvalue weighted by atomic mass is 9.70. The number of H-pyrrole nitrogens is 1. The zero-order valence-electron chi connectivity index (χ0n) is 18.8. The maximum absolute atomic E-state index is 4.92. The highest BCUT2D eigenvalue weighted by Gasteiger charge is 2.31. The molecule has 1 aromatic heterocycles. The van der Waals surface area contributed by atoms with Crippen molar-refractivity contribution in [1.29, 1.82) is 0 Å². The third kappa shape index (κ3) is 4.67. The van der Waals surface area contributed by atoms with Gasteiger partial charge in [0.1, 0.15) is 5.82 Å². The van der Waals surface area contributed by atoms with Gasteiger partial charge < -0.3 is 10.3 Å². The van der Waals surface area contributed by atoms with Gasteiger partial charge in [0.05, 0.1) is 11.0 Å². The average Bonchev–Trinajstić information content (AvgIpc) is 3.14. The summed E-state index contributed by atoms with van der Waals surface area (Å²) >= 11 is 0. The standard InChI is InChI=1S/C27H35N3/c1-18(2)24-14-22(15-26-29-25-12-8-9-19(3)27(25)30-26)20(4)13-23(24)17-28-16-21-10-6-5-7-11-21/h5-13,18,22-24,28H,14-17H2,1-4H3,(H,29,30)/t22-,23-,24-/m0/s1. The van der Waals surface area contributed by atoms with E-state index in [2.05, 4.69) is 92.6 Å². The second kappa shape index (κ2) is 9.18. The lowest BCUT2D eigenvalue weighted by molar-refractivity contribution is 0.221. The van der Waals surface area contributed by atoms with Gasteiger partial charge in [0.2, 0.25) is 0 Å². The highest BCUT2D eigenvalue weighted by molar-refractivity contribution is 5.78. The predicted molar refractivity (Wildman–Crippen MR) is 126 cm³/mol. The molecule has 0 unspecified atom stereocenters. The van der Waals surface area contributed by atoms with E-state index in [1.807, 2.05) is 0 Å². The Morgan fingerprint density at radius 3 is 2.60 bits per heavy atom. The number of fused-ring (bicyclic) bond motifs is 1. The van der Waals surface area contributed by atoms with Gasteiger partial charge in [-0.2, -0.15) is 0 Å². The normalized spacial score (nSPS) is 21.9. The zero-order valence-corrected chi connectivity index (χ0v) is 18.8. The van der Waals surface area contributed by atoms with E-state index in [1.165, 1.54) is 23.1 Å². The quantitative estimate of drug-likeness (QED) is 0.473. The summed E-state index contributed by atoms with van der Waals surface area (Å²) in [4.78, 5) is 8.48. The zero-order chi connectivity index (χ0) is 21.1. The Labute approximate surface area is 181 Å². The van der Waals surface area contributed by atoms with Crippen molar-refractivity contribution in [2.24, 2.45) is 23.7 Å². The maximum Gasteiger partial charge on any atom is 0.107 e. The van der Waals surface area contributed by atoms with Gasteiger partial charge in [0, 0.05) is 19.5 Å². The van der Waals surface area contributed by atoms with Crippen LogP contribution in [0.5, 0.6) is 0 Å². The number of rotatable bonds is 7. The summed E-state index contributed by atoms with van der Waals surface area (Å²) < 4.78 is 0. The summed E-state index contributed by atoms with van der Waals surface area (Å²) in [6, 6.07) is 17.1. The molecule has 3 aromatic rings. The number of nitrogens with zero attached hydrogens (tertiary/aromatic N) is 1. The van der Waals surface area contributed by atoms with Crippen LogP contribution in [0.25, 0.3) is 11.0 Å². The van der Waals surface area contributed by atoms with E-state index in [0.29, 0.717) is 23.7 Å². The minimum atomic E-state index is 0.573. The van der Waals surface area contributed by atoms with Crippen LogP contribution in [-0.2, 0) is 13.0 Å². The van der Waals surface area contributed by atoms with Crippen molar-refractivity contribution in [3.63, 3.8) is 0 Å². The second-order valence-corrected chi connectivity index (χ2v) is 9.39. The summed E-state index contributed by atoms with van der Waals surface area (Å²) in [5.74, 6) is 3.68. The van der Waals surface area contributed by atoms with Gasteiger partial charge in [0.15, 0.2) is 0 Å². The third-order valence-corrected chi connectivity index (χ3v) is 6.84. The van der Waals surface area contributed by atoms with Gasteiger partial charge >= 0.3 is 0 Å². The summed E-state index contributed by atoms with van der Waals surface area (Å²) in [5, 5.41) is 3.70. The van der Waals surface area contributed by atoms with Gasteiger partial charge in [-0.3, -0.25) is 0 Å². The number of imidazole rings is 1. The minimum Gasteiger partial charge on any atom is -0.342 e. The highest BCUT2D eigenvalue weighted by Crippen LogP contribution is 2.38. The fourth-order valence-corrected chi connectivity index (χ4v) is 5.04. The molecule has 4 rings (SSSR count). The highest BCUT2D eigenvalue weighted by atomic mass is 14.9. The molecule has 0 saturated carbocycles. The molecule has 2 N–H and O–H groups in total. The molecule has 0 fully saturated rings. The molecule has 0 saturated heterocycles. The molecule has 1 aliphatic carbocycles. The topological polar surface area (TPSA) is 40.7 Å². The first-order valence-corrected chi connectivity index (χ1v) is 11.4. The first-order valence-electron chi connectivity index (χ1n) is 11.4. The first kappa shape index (κ1) is 20.9. The molecule has 3 heteroatoms. The molecule has 0 aliphatic heterocycles. The lowest BCUT2D eigenvalue weighted by Gasteiger charge is -2.37. The molecular formula is C27H35N3. The number of para-hydroxylation sites is 1. The monoisotopic (exact) mass is 401 g/mol. The van der Waals surface area contributed by atoms with E-state index in [1.54, 1.807) is 0 Å². The first-order chi connectivity index (χ1) is 14.5. The van der Waals surface area contributed by atoms with Crippen LogP contribution in [0.2, 0.25) is 0 Å². The fourth-order valence-electron chi connectivity index (χ4n) is 5.04. The van der Waals surface area contributed by atoms with Gasteiger partial charge in [-0.05, 0) is 61.1 Å². The fraction of sp³-hybridized carbons (Fsp3) is 0.444. The molecule has 1 heterocycles. The van der Waals surface area contributed by atoms with Crippen LogP contribution >= 0.6 is 0 Å². The molecule has 3 nitrogen and oxygen atoms in total. The molecule has 0 amide bonds. The van der Waals surface area contributed by atoms with Crippen molar-refractivity contribution in [1.82, 2.24) is 15.3 Å². The van der Waals surface area contributed by atoms with E-state index < -0.39 is 0 Å². The maximum atomic E-state index is 4.92. The number of aromatic amines is 1. The van der Waals surface area contributed by atoms with Gasteiger partial charge in [-0.1, -0.05) is 68.0 Å². The molecule has 0 bridgehead atoms. The molecule has 0 spiro atoms. The van der Waals surface area contributed by atoms with Gasteiger partial charge in [0.25, 0.3) is 0 Å². The van der Waals surface area contributed by atoms with Gasteiger partial charge in [-0.25, -0.2) is 4.98 Å². The number of hydrogen-bond acceptors (Lipinski definition) is 2.